The Morgan fingerprint density at radius 2 is 1.00 bits per heavy atom. The lowest BCUT2D eigenvalue weighted by molar-refractivity contribution is -0.101. The van der Waals surface area contributed by atoms with Crippen LogP contribution in [0, 0.1) is 0 Å². The molecule has 0 saturated carbocycles. The van der Waals surface area contributed by atoms with Crippen LogP contribution in [0.5, 0.6) is 0 Å². The van der Waals surface area contributed by atoms with Gasteiger partial charge in [0, 0.05) is 0 Å². The zero-order chi connectivity index (χ0) is 25.0. The van der Waals surface area contributed by atoms with Crippen molar-refractivity contribution < 1.29 is 33.7 Å². The Morgan fingerprint density at radius 1 is 0.629 bits per heavy atom. The Balaban J connectivity index is 1.89. The lowest BCUT2D eigenvalue weighted by Gasteiger charge is -2.31. The fourth-order valence-electron chi connectivity index (χ4n) is 3.50. The highest BCUT2D eigenvalue weighted by atomic mass is 16.6. The van der Waals surface area contributed by atoms with Crippen molar-refractivity contribution in [3.8, 4) is 0 Å². The van der Waals surface area contributed by atoms with Crippen LogP contribution in [0.4, 0.5) is 0 Å². The average Bonchev–Trinajstić information content (AvgIpc) is 2.91. The summed E-state index contributed by atoms with van der Waals surface area (Å²) in [5.74, 6) is -2.01. The Kier molecular flexibility index (Phi) is 9.57. The molecule has 3 aromatic rings. The molecule has 0 amide bonds. The molecule has 0 aromatic heterocycles. The van der Waals surface area contributed by atoms with E-state index in [1.807, 2.05) is 6.92 Å². The van der Waals surface area contributed by atoms with Crippen molar-refractivity contribution in [2.45, 2.75) is 38.1 Å². The van der Waals surface area contributed by atoms with E-state index >= 15 is 0 Å². The summed E-state index contributed by atoms with van der Waals surface area (Å²) in [7, 11) is 0. The summed E-state index contributed by atoms with van der Waals surface area (Å²) in [6.45, 7) is 1.23. The molecule has 3 atom stereocenters. The lowest BCUT2D eigenvalue weighted by Crippen LogP contribution is -2.47. The van der Waals surface area contributed by atoms with Gasteiger partial charge in [-0.3, -0.25) is 0 Å². The maximum atomic E-state index is 12.9. The smallest absolute Gasteiger partial charge is 0.338 e. The van der Waals surface area contributed by atoms with E-state index in [1.165, 1.54) is 0 Å². The van der Waals surface area contributed by atoms with Crippen molar-refractivity contribution in [3.63, 3.8) is 0 Å². The van der Waals surface area contributed by atoms with E-state index in [0.717, 1.165) is 0 Å². The van der Waals surface area contributed by atoms with Crippen LogP contribution in [-0.4, -0.2) is 47.9 Å². The minimum atomic E-state index is -1.27. The highest BCUT2D eigenvalue weighted by molar-refractivity contribution is 5.91. The number of rotatable bonds is 11. The second-order valence-electron chi connectivity index (χ2n) is 7.83. The molecule has 0 aliphatic carbocycles. The molecule has 0 heterocycles. The summed E-state index contributed by atoms with van der Waals surface area (Å²) in [5.41, 5.74) is 0.865. The number of esters is 3. The van der Waals surface area contributed by atoms with E-state index in [0.29, 0.717) is 18.4 Å². The monoisotopic (exact) mass is 476 g/mol. The van der Waals surface area contributed by atoms with E-state index in [4.69, 9.17) is 14.2 Å². The van der Waals surface area contributed by atoms with Crippen molar-refractivity contribution >= 4 is 17.9 Å². The zero-order valence-electron chi connectivity index (χ0n) is 19.4. The predicted molar refractivity (Wildman–Crippen MR) is 129 cm³/mol. The summed E-state index contributed by atoms with van der Waals surface area (Å²) in [4.78, 5) is 38.4. The van der Waals surface area contributed by atoms with Gasteiger partial charge in [0.2, 0.25) is 0 Å². The molecule has 0 bridgehead atoms. The predicted octanol–water partition coefficient (Wildman–Crippen LogP) is 4.46. The first-order valence-corrected chi connectivity index (χ1v) is 11.4. The Labute approximate surface area is 204 Å². The molecule has 0 spiro atoms. The van der Waals surface area contributed by atoms with Gasteiger partial charge in [-0.05, 0) is 42.8 Å². The fourth-order valence-corrected chi connectivity index (χ4v) is 3.50. The SMILES string of the molecule is CCC[C@@H](OC(=O)c1ccccc1)[C@H](OC(=O)c1ccccc1)[C@@H](CO)OC(=O)c1ccccc1. The van der Waals surface area contributed by atoms with E-state index < -0.39 is 42.8 Å². The number of carbonyl (C=O) groups is 3. The third-order valence-electron chi connectivity index (χ3n) is 5.27. The van der Waals surface area contributed by atoms with Gasteiger partial charge in [-0.2, -0.15) is 0 Å². The largest absolute Gasteiger partial charge is 0.455 e. The molecule has 0 radical (unpaired) electrons. The molecule has 3 aromatic carbocycles. The maximum absolute atomic E-state index is 12.9. The van der Waals surface area contributed by atoms with Crippen LogP contribution < -0.4 is 0 Å². The van der Waals surface area contributed by atoms with Gasteiger partial charge in [0.25, 0.3) is 0 Å². The number of hydrogen-bond acceptors (Lipinski definition) is 7. The summed E-state index contributed by atoms with van der Waals surface area (Å²) in [6.07, 6.45) is -2.59. The first kappa shape index (κ1) is 25.6. The molecule has 7 nitrogen and oxygen atoms in total. The van der Waals surface area contributed by atoms with Gasteiger partial charge in [0.1, 0.15) is 6.10 Å². The first-order chi connectivity index (χ1) is 17.0. The fraction of sp³-hybridized carbons (Fsp3) is 0.250. The van der Waals surface area contributed by atoms with Crippen LogP contribution in [0.1, 0.15) is 50.8 Å². The highest BCUT2D eigenvalue weighted by Crippen LogP contribution is 2.21. The molecule has 35 heavy (non-hydrogen) atoms. The minimum absolute atomic E-state index is 0.271. The molecule has 182 valence electrons. The van der Waals surface area contributed by atoms with Crippen molar-refractivity contribution in [1.29, 1.82) is 0 Å². The van der Waals surface area contributed by atoms with Crippen molar-refractivity contribution in [1.82, 2.24) is 0 Å². The molecule has 7 heteroatoms. The van der Waals surface area contributed by atoms with Gasteiger partial charge < -0.3 is 19.3 Å². The van der Waals surface area contributed by atoms with E-state index in [2.05, 4.69) is 0 Å². The maximum Gasteiger partial charge on any atom is 0.338 e. The molecule has 0 aliphatic rings. The van der Waals surface area contributed by atoms with Crippen LogP contribution in [0.25, 0.3) is 0 Å². The molecular weight excluding hydrogens is 448 g/mol. The molecular formula is C28H28O7. The minimum Gasteiger partial charge on any atom is -0.455 e. The Hall–Kier alpha value is -3.97. The molecule has 0 fully saturated rings. The topological polar surface area (TPSA) is 99.1 Å². The van der Waals surface area contributed by atoms with E-state index in [1.54, 1.807) is 91.0 Å². The summed E-state index contributed by atoms with van der Waals surface area (Å²) in [6, 6.07) is 24.9. The number of ether oxygens (including phenoxy) is 3. The normalized spacial score (nSPS) is 13.2. The third kappa shape index (κ3) is 7.25. The van der Waals surface area contributed by atoms with E-state index in [9.17, 15) is 19.5 Å². The van der Waals surface area contributed by atoms with Crippen LogP contribution in [0.15, 0.2) is 91.0 Å². The van der Waals surface area contributed by atoms with Crippen molar-refractivity contribution in [3.05, 3.63) is 108 Å². The van der Waals surface area contributed by atoms with Gasteiger partial charge in [-0.25, -0.2) is 14.4 Å². The molecule has 0 saturated heterocycles. The number of aliphatic hydroxyl groups excluding tert-OH is 1. The lowest BCUT2D eigenvalue weighted by atomic mass is 10.0. The Bertz CT molecular complexity index is 1080. The van der Waals surface area contributed by atoms with Gasteiger partial charge in [0.05, 0.1) is 23.3 Å². The van der Waals surface area contributed by atoms with Gasteiger partial charge in [0.15, 0.2) is 12.2 Å². The number of aliphatic hydroxyl groups is 1. The Morgan fingerprint density at radius 3 is 1.37 bits per heavy atom. The molecule has 3 rings (SSSR count). The number of hydrogen-bond donors (Lipinski definition) is 1. The zero-order valence-corrected chi connectivity index (χ0v) is 19.4. The first-order valence-electron chi connectivity index (χ1n) is 11.4. The second kappa shape index (κ2) is 13.1. The molecule has 0 aliphatic heterocycles. The second-order valence-corrected chi connectivity index (χ2v) is 7.83. The van der Waals surface area contributed by atoms with Crippen LogP contribution in [0.2, 0.25) is 0 Å². The van der Waals surface area contributed by atoms with Gasteiger partial charge in [-0.15, -0.1) is 0 Å². The van der Waals surface area contributed by atoms with Crippen molar-refractivity contribution in [2.75, 3.05) is 6.61 Å². The number of benzene rings is 3. The summed E-state index contributed by atoms with van der Waals surface area (Å²) in [5, 5.41) is 10.1. The van der Waals surface area contributed by atoms with Crippen LogP contribution in [-0.2, 0) is 14.2 Å². The third-order valence-corrected chi connectivity index (χ3v) is 5.27. The van der Waals surface area contributed by atoms with Gasteiger partial charge in [-0.1, -0.05) is 67.9 Å². The quantitative estimate of drug-likeness (QED) is 0.322. The molecule has 1 N–H and O–H groups in total. The van der Waals surface area contributed by atoms with Crippen molar-refractivity contribution in [2.24, 2.45) is 0 Å². The standard InChI is InChI=1S/C28H28O7/c1-2-12-23(33-26(30)20-13-6-3-7-14-20)25(35-28(32)22-17-10-5-11-18-22)24(19-29)34-27(31)21-15-8-4-9-16-21/h3-11,13-18,23-25,29H,2,12,19H2,1H3/t23-,24-,25+/m1/s1. The average molecular weight is 477 g/mol. The summed E-state index contributed by atoms with van der Waals surface area (Å²) >= 11 is 0. The summed E-state index contributed by atoms with van der Waals surface area (Å²) < 4.78 is 17.0. The van der Waals surface area contributed by atoms with E-state index in [-0.39, 0.29) is 11.1 Å². The van der Waals surface area contributed by atoms with Crippen LogP contribution >= 0.6 is 0 Å². The van der Waals surface area contributed by atoms with Gasteiger partial charge >= 0.3 is 17.9 Å². The molecule has 0 unspecified atom stereocenters. The number of carbonyl (C=O) groups excluding carboxylic acids is 3. The highest BCUT2D eigenvalue weighted by Gasteiger charge is 2.38. The van der Waals surface area contributed by atoms with Crippen LogP contribution in [0.3, 0.4) is 0 Å².